The van der Waals surface area contributed by atoms with Gasteiger partial charge < -0.3 is 5.32 Å². The van der Waals surface area contributed by atoms with Gasteiger partial charge in [-0.3, -0.25) is 4.90 Å². The van der Waals surface area contributed by atoms with E-state index in [-0.39, 0.29) is 0 Å². The molecular formula is C16H19N5S3. The van der Waals surface area contributed by atoms with Crippen molar-refractivity contribution in [2.45, 2.75) is 27.1 Å². The maximum atomic E-state index is 5.44. The van der Waals surface area contributed by atoms with Gasteiger partial charge in [0, 0.05) is 17.6 Å². The summed E-state index contributed by atoms with van der Waals surface area (Å²) in [5.41, 5.74) is 3.32. The molecule has 1 aromatic carbocycles. The van der Waals surface area contributed by atoms with E-state index < -0.39 is 0 Å². The van der Waals surface area contributed by atoms with Gasteiger partial charge in [-0.2, -0.15) is 0 Å². The Balaban J connectivity index is 1.66. The monoisotopic (exact) mass is 377 g/mol. The minimum atomic E-state index is 0.640. The van der Waals surface area contributed by atoms with Gasteiger partial charge in [0.05, 0.1) is 17.4 Å². The van der Waals surface area contributed by atoms with Crippen LogP contribution in [0.3, 0.4) is 0 Å². The van der Waals surface area contributed by atoms with Crippen LogP contribution in [0, 0.1) is 17.8 Å². The number of rotatable bonds is 6. The number of benzene rings is 1. The van der Waals surface area contributed by atoms with Gasteiger partial charge in [0.25, 0.3) is 0 Å². The van der Waals surface area contributed by atoms with Crippen molar-refractivity contribution >= 4 is 45.7 Å². The van der Waals surface area contributed by atoms with E-state index in [4.69, 9.17) is 12.2 Å². The first kappa shape index (κ1) is 17.2. The van der Waals surface area contributed by atoms with Crippen molar-refractivity contribution in [1.82, 2.24) is 19.7 Å². The van der Waals surface area contributed by atoms with Crippen LogP contribution in [0.15, 0.2) is 29.6 Å². The quantitative estimate of drug-likeness (QED) is 0.637. The zero-order valence-electron chi connectivity index (χ0n) is 13.8. The Kier molecular flexibility index (Phi) is 5.40. The molecule has 3 aromatic rings. The Morgan fingerprint density at radius 2 is 2.17 bits per heavy atom. The molecule has 0 aliphatic carbocycles. The molecule has 0 fully saturated rings. The lowest BCUT2D eigenvalue weighted by Crippen LogP contribution is -2.22. The van der Waals surface area contributed by atoms with E-state index in [1.165, 1.54) is 16.9 Å². The van der Waals surface area contributed by atoms with E-state index in [1.54, 1.807) is 11.3 Å². The SMILES string of the molecule is Cc1cccc(Nc2nn(CN(C)Cc3csc(C)n3)c(=S)s2)c1. The Morgan fingerprint density at radius 3 is 2.88 bits per heavy atom. The summed E-state index contributed by atoms with van der Waals surface area (Å²) >= 11 is 8.60. The second-order valence-electron chi connectivity index (χ2n) is 5.68. The van der Waals surface area contributed by atoms with Gasteiger partial charge in [0.2, 0.25) is 5.13 Å². The van der Waals surface area contributed by atoms with Crippen molar-refractivity contribution in [2.24, 2.45) is 0 Å². The van der Waals surface area contributed by atoms with Crippen LogP contribution in [0.5, 0.6) is 0 Å². The van der Waals surface area contributed by atoms with Gasteiger partial charge in [0.15, 0.2) is 3.95 Å². The van der Waals surface area contributed by atoms with Crippen molar-refractivity contribution in [1.29, 1.82) is 0 Å². The molecule has 8 heteroatoms. The Labute approximate surface area is 154 Å². The summed E-state index contributed by atoms with van der Waals surface area (Å²) in [7, 11) is 2.05. The highest BCUT2D eigenvalue weighted by Gasteiger charge is 2.08. The molecule has 1 N–H and O–H groups in total. The lowest BCUT2D eigenvalue weighted by Gasteiger charge is -2.14. The molecular weight excluding hydrogens is 358 g/mol. The maximum absolute atomic E-state index is 5.44. The van der Waals surface area contributed by atoms with E-state index in [1.807, 2.05) is 30.8 Å². The van der Waals surface area contributed by atoms with Crippen molar-refractivity contribution in [3.8, 4) is 0 Å². The third kappa shape index (κ3) is 4.47. The Morgan fingerprint density at radius 1 is 1.33 bits per heavy atom. The fourth-order valence-electron chi connectivity index (χ4n) is 2.33. The smallest absolute Gasteiger partial charge is 0.209 e. The van der Waals surface area contributed by atoms with Crippen LogP contribution in [0.25, 0.3) is 0 Å². The molecule has 2 heterocycles. The second kappa shape index (κ2) is 7.52. The van der Waals surface area contributed by atoms with Crippen LogP contribution in [0.2, 0.25) is 0 Å². The summed E-state index contributed by atoms with van der Waals surface area (Å²) in [5, 5.41) is 11.9. The first-order chi connectivity index (χ1) is 11.5. The van der Waals surface area contributed by atoms with Gasteiger partial charge in [0.1, 0.15) is 0 Å². The molecule has 0 aliphatic heterocycles. The van der Waals surface area contributed by atoms with E-state index in [9.17, 15) is 0 Å². The molecule has 0 radical (unpaired) electrons. The largest absolute Gasteiger partial charge is 0.330 e. The van der Waals surface area contributed by atoms with Crippen LogP contribution < -0.4 is 5.32 Å². The van der Waals surface area contributed by atoms with Crippen molar-refractivity contribution < 1.29 is 0 Å². The highest BCUT2D eigenvalue weighted by Crippen LogP contribution is 2.21. The van der Waals surface area contributed by atoms with Gasteiger partial charge in [-0.05, 0) is 50.8 Å². The molecule has 0 unspecified atom stereocenters. The molecule has 0 saturated carbocycles. The summed E-state index contributed by atoms with van der Waals surface area (Å²) in [4.78, 5) is 6.65. The molecule has 0 spiro atoms. The van der Waals surface area contributed by atoms with E-state index >= 15 is 0 Å². The van der Waals surface area contributed by atoms with Crippen LogP contribution in [0.4, 0.5) is 10.8 Å². The molecule has 2 aromatic heterocycles. The summed E-state index contributed by atoms with van der Waals surface area (Å²) in [6.45, 7) is 5.51. The zero-order valence-corrected chi connectivity index (χ0v) is 16.3. The molecule has 126 valence electrons. The van der Waals surface area contributed by atoms with E-state index in [0.717, 1.165) is 32.0 Å². The van der Waals surface area contributed by atoms with Crippen LogP contribution in [-0.2, 0) is 13.2 Å². The number of hydrogen-bond acceptors (Lipinski definition) is 7. The fourth-order valence-corrected chi connectivity index (χ4v) is 3.95. The number of hydrogen-bond donors (Lipinski definition) is 1. The van der Waals surface area contributed by atoms with Crippen LogP contribution in [-0.4, -0.2) is 26.7 Å². The average molecular weight is 378 g/mol. The van der Waals surface area contributed by atoms with Crippen LogP contribution in [0.1, 0.15) is 16.3 Å². The molecule has 0 amide bonds. The van der Waals surface area contributed by atoms with Gasteiger partial charge >= 0.3 is 0 Å². The van der Waals surface area contributed by atoms with E-state index in [0.29, 0.717) is 6.67 Å². The Bertz CT molecular complexity index is 880. The van der Waals surface area contributed by atoms with Crippen molar-refractivity contribution in [3.05, 3.63) is 49.9 Å². The summed E-state index contributed by atoms with van der Waals surface area (Å²) < 4.78 is 2.60. The second-order valence-corrected chi connectivity index (χ2v) is 8.37. The van der Waals surface area contributed by atoms with Gasteiger partial charge in [-0.1, -0.05) is 23.5 Å². The van der Waals surface area contributed by atoms with Crippen LogP contribution >= 0.6 is 34.9 Å². The third-order valence-corrected chi connectivity index (χ3v) is 5.39. The first-order valence-corrected chi connectivity index (χ1v) is 9.61. The normalized spacial score (nSPS) is 11.2. The predicted octanol–water partition coefficient (Wildman–Crippen LogP) is 4.58. The number of anilines is 2. The maximum Gasteiger partial charge on any atom is 0.209 e. The third-order valence-electron chi connectivity index (χ3n) is 3.35. The molecule has 0 bridgehead atoms. The topological polar surface area (TPSA) is 46.0 Å². The number of nitrogens with zero attached hydrogens (tertiary/aromatic N) is 4. The highest BCUT2D eigenvalue weighted by atomic mass is 32.1. The minimum absolute atomic E-state index is 0.640. The average Bonchev–Trinajstić information content (AvgIpc) is 3.05. The fraction of sp³-hybridized carbons (Fsp3) is 0.312. The van der Waals surface area contributed by atoms with Gasteiger partial charge in [-0.25, -0.2) is 9.67 Å². The van der Waals surface area contributed by atoms with Gasteiger partial charge in [-0.15, -0.1) is 16.4 Å². The standard InChI is InChI=1S/C16H19N5S3/c1-11-5-4-6-13(7-11)18-15-19-21(16(22)24-15)10-20(3)8-14-9-23-12(2)17-14/h4-7,9H,8,10H2,1-3H3,(H,18,19). The van der Waals surface area contributed by atoms with Crippen molar-refractivity contribution in [2.75, 3.05) is 12.4 Å². The molecule has 5 nitrogen and oxygen atoms in total. The molecule has 3 rings (SSSR count). The number of nitrogens with one attached hydrogen (secondary N) is 1. The number of thiazole rings is 1. The molecule has 24 heavy (non-hydrogen) atoms. The minimum Gasteiger partial charge on any atom is -0.330 e. The lowest BCUT2D eigenvalue weighted by atomic mass is 10.2. The summed E-state index contributed by atoms with van der Waals surface area (Å²) in [6.07, 6.45) is 0. The molecule has 0 saturated heterocycles. The molecule has 0 atom stereocenters. The predicted molar refractivity (Wildman–Crippen MR) is 104 cm³/mol. The first-order valence-electron chi connectivity index (χ1n) is 7.51. The number of aryl methyl sites for hydroxylation is 2. The Hall–Kier alpha value is -1.61. The highest BCUT2D eigenvalue weighted by molar-refractivity contribution is 7.73. The number of aromatic nitrogens is 3. The summed E-state index contributed by atoms with van der Waals surface area (Å²) in [6, 6.07) is 8.21. The zero-order chi connectivity index (χ0) is 17.1. The van der Waals surface area contributed by atoms with Crippen molar-refractivity contribution in [3.63, 3.8) is 0 Å². The molecule has 0 aliphatic rings. The lowest BCUT2D eigenvalue weighted by molar-refractivity contribution is 0.243. The summed E-state index contributed by atoms with van der Waals surface area (Å²) in [5.74, 6) is 0. The van der Waals surface area contributed by atoms with E-state index in [2.05, 4.69) is 44.7 Å².